The number of rotatable bonds is 34. The van der Waals surface area contributed by atoms with Crippen molar-refractivity contribution < 1.29 is 52.4 Å². The van der Waals surface area contributed by atoms with Crippen LogP contribution in [0.25, 0.3) is 0 Å². The minimum absolute atomic E-state index is 0.0180. The van der Waals surface area contributed by atoms with Gasteiger partial charge in [-0.15, -0.1) is 11.8 Å². The summed E-state index contributed by atoms with van der Waals surface area (Å²) >= 11 is 1.27. The summed E-state index contributed by atoms with van der Waals surface area (Å²) in [5.74, 6) is -0.0674. The fourth-order valence-electron chi connectivity index (χ4n) is 5.55. The van der Waals surface area contributed by atoms with Crippen molar-refractivity contribution in [3.8, 4) is 0 Å². The monoisotopic (exact) mass is 804 g/mol. The summed E-state index contributed by atoms with van der Waals surface area (Å²) in [6.45, 7) is 18.5. The van der Waals surface area contributed by atoms with Crippen molar-refractivity contribution in [1.29, 1.82) is 0 Å². The van der Waals surface area contributed by atoms with Gasteiger partial charge < -0.3 is 49.7 Å². The van der Waals surface area contributed by atoms with Gasteiger partial charge in [-0.3, -0.25) is 33.8 Å². The fourth-order valence-corrected chi connectivity index (χ4v) is 6.78. The number of nitrogens with one attached hydrogen (secondary N) is 4. The molecule has 3 atom stereocenters. The predicted octanol–water partition coefficient (Wildman–Crippen LogP) is -0.688. The van der Waals surface area contributed by atoms with E-state index in [0.29, 0.717) is 111 Å². The first-order valence-corrected chi connectivity index (χ1v) is 20.7. The van der Waals surface area contributed by atoms with Crippen LogP contribution in [0.3, 0.4) is 0 Å². The van der Waals surface area contributed by atoms with Crippen molar-refractivity contribution in [2.24, 2.45) is 11.8 Å². The van der Waals surface area contributed by atoms with Crippen molar-refractivity contribution in [3.63, 3.8) is 0 Å². The lowest BCUT2D eigenvalue weighted by Crippen LogP contribution is -2.48. The fraction of sp³-hybridized carbons (Fsp3) is 0.865. The molecule has 0 spiro atoms. The molecule has 55 heavy (non-hydrogen) atoms. The maximum absolute atomic E-state index is 13.0. The molecule has 3 unspecified atom stereocenters. The number of ketones is 1. The van der Waals surface area contributed by atoms with Crippen molar-refractivity contribution in [1.82, 2.24) is 31.1 Å². The van der Waals surface area contributed by atoms with Gasteiger partial charge in [-0.1, -0.05) is 27.7 Å². The predicted molar refractivity (Wildman–Crippen MR) is 209 cm³/mol. The lowest BCUT2D eigenvalue weighted by molar-refractivity contribution is -0.138. The Balaban J connectivity index is 1.69. The molecule has 0 aromatic rings. The molecule has 0 bridgehead atoms. The number of hydrogen-bond donors (Lipinski definition) is 4. The summed E-state index contributed by atoms with van der Waals surface area (Å²) in [4.78, 5) is 64.5. The Kier molecular flexibility index (Phi) is 26.6. The summed E-state index contributed by atoms with van der Waals surface area (Å²) in [7, 11) is 0. The van der Waals surface area contributed by atoms with Crippen molar-refractivity contribution in [2.75, 3.05) is 137 Å². The number of thioether (sulfide) groups is 1. The zero-order valence-corrected chi connectivity index (χ0v) is 34.6. The Morgan fingerprint density at radius 3 is 1.69 bits per heavy atom. The Morgan fingerprint density at radius 1 is 0.709 bits per heavy atom. The lowest BCUT2D eigenvalue weighted by atomic mass is 10.1. The average Bonchev–Trinajstić information content (AvgIpc) is 3.66. The van der Waals surface area contributed by atoms with Crippen LogP contribution >= 0.6 is 11.8 Å². The molecular weight excluding hydrogens is 737 g/mol. The van der Waals surface area contributed by atoms with Crippen molar-refractivity contribution in [2.45, 2.75) is 58.4 Å². The Labute approximate surface area is 331 Å². The minimum Gasteiger partial charge on any atom is -0.378 e. The highest BCUT2D eigenvalue weighted by molar-refractivity contribution is 8.01. The number of likely N-dealkylation sites (N-methyl/N-ethyl adjacent to an activating group) is 1. The molecule has 2 saturated heterocycles. The highest BCUT2D eigenvalue weighted by atomic mass is 32.2. The molecule has 2 aliphatic rings. The number of imide groups is 1. The van der Waals surface area contributed by atoms with E-state index in [2.05, 4.69) is 26.2 Å². The van der Waals surface area contributed by atoms with Gasteiger partial charge in [0.1, 0.15) is 19.0 Å². The first-order valence-electron chi connectivity index (χ1n) is 19.7. The van der Waals surface area contributed by atoms with Crippen LogP contribution in [0, 0.1) is 11.8 Å². The minimum atomic E-state index is -0.499. The summed E-state index contributed by atoms with van der Waals surface area (Å²) in [5.41, 5.74) is 0. The van der Waals surface area contributed by atoms with Gasteiger partial charge in [-0.05, 0) is 12.8 Å². The van der Waals surface area contributed by atoms with Gasteiger partial charge in [0.15, 0.2) is 0 Å². The third-order valence-electron chi connectivity index (χ3n) is 8.65. The zero-order chi connectivity index (χ0) is 40.3. The van der Waals surface area contributed by atoms with Crippen LogP contribution in [0.15, 0.2) is 0 Å². The molecule has 0 radical (unpaired) electrons. The second kappa shape index (κ2) is 29.9. The maximum Gasteiger partial charge on any atom is 0.246 e. The second-order valence-corrected chi connectivity index (χ2v) is 15.3. The quantitative estimate of drug-likeness (QED) is 0.0472. The molecule has 17 nitrogen and oxygen atoms in total. The van der Waals surface area contributed by atoms with Gasteiger partial charge in [0.25, 0.3) is 0 Å². The van der Waals surface area contributed by atoms with Crippen LogP contribution in [0.1, 0.15) is 41.0 Å². The van der Waals surface area contributed by atoms with Gasteiger partial charge in [-0.2, -0.15) is 0 Å². The third kappa shape index (κ3) is 22.3. The number of hydrogen-bond acceptors (Lipinski definition) is 15. The van der Waals surface area contributed by atoms with E-state index in [4.69, 9.17) is 28.4 Å². The van der Waals surface area contributed by atoms with E-state index in [9.17, 15) is 24.0 Å². The number of likely N-dealkylation sites (tertiary alicyclic amines) is 2. The number of ether oxygens (including phenoxy) is 6. The summed E-state index contributed by atoms with van der Waals surface area (Å²) < 4.78 is 33.1. The molecule has 0 aliphatic carbocycles. The summed E-state index contributed by atoms with van der Waals surface area (Å²) in [5, 5.41) is 12.2. The largest absolute Gasteiger partial charge is 0.378 e. The number of amides is 4. The van der Waals surface area contributed by atoms with Crippen LogP contribution in [0.2, 0.25) is 0 Å². The third-order valence-corrected chi connectivity index (χ3v) is 9.87. The second-order valence-electron chi connectivity index (χ2n) is 14.1. The normalized spacial score (nSPS) is 19.0. The van der Waals surface area contributed by atoms with Gasteiger partial charge in [-0.25, -0.2) is 0 Å². The molecule has 0 aromatic heterocycles. The van der Waals surface area contributed by atoms with E-state index in [1.165, 1.54) is 16.7 Å². The lowest BCUT2D eigenvalue weighted by Gasteiger charge is -2.21. The molecule has 2 aliphatic heterocycles. The molecule has 2 rings (SSSR count). The smallest absolute Gasteiger partial charge is 0.246 e. The maximum atomic E-state index is 13.0. The van der Waals surface area contributed by atoms with E-state index in [0.717, 1.165) is 13.1 Å². The SMILES string of the molecule is CCNC(=O)COCCOCCOCCNC1CN(CCN2C(=O)CC(SCC(=O)C(C)C)C2=O)CC1NCCOCCOCCOCC(=O)NCC(C)C. The highest BCUT2D eigenvalue weighted by Crippen LogP contribution is 2.26. The molecule has 4 amide bonds. The Bertz CT molecular complexity index is 1120. The average molecular weight is 805 g/mol. The van der Waals surface area contributed by atoms with Crippen LogP contribution in [-0.2, 0) is 52.4 Å². The van der Waals surface area contributed by atoms with E-state index in [1.807, 2.05) is 34.6 Å². The standard InChI is InChI=1S/C37H68N6O11S/c1-6-38-34(45)25-53-19-17-51-15-13-49-11-7-39-30-23-42(9-10-43-36(47)21-33(37(43)48)55-27-32(44)29(4)5)24-31(30)40-8-12-50-14-16-52-18-20-54-26-35(46)41-22-28(2)3/h28-31,33,39-40H,6-27H2,1-5H3,(H,38,45)(H,41,46). The van der Waals surface area contributed by atoms with E-state index in [1.54, 1.807) is 0 Å². The Morgan fingerprint density at radius 2 is 1.20 bits per heavy atom. The van der Waals surface area contributed by atoms with Gasteiger partial charge in [0.05, 0.1) is 77.1 Å². The summed E-state index contributed by atoms with van der Waals surface area (Å²) in [6.07, 6.45) is 0.135. The van der Waals surface area contributed by atoms with Crippen LogP contribution in [-0.4, -0.2) is 194 Å². The van der Waals surface area contributed by atoms with Gasteiger partial charge >= 0.3 is 0 Å². The van der Waals surface area contributed by atoms with Gasteiger partial charge in [0.2, 0.25) is 23.6 Å². The first kappa shape index (κ1) is 48.9. The topological polar surface area (TPSA) is 195 Å². The number of Topliss-reactive ketones (excluding diaryl/α,β-unsaturated/α-hetero) is 1. The molecule has 0 aromatic carbocycles. The van der Waals surface area contributed by atoms with Crippen LogP contribution in [0.4, 0.5) is 0 Å². The van der Waals surface area contributed by atoms with E-state index >= 15 is 0 Å². The number of carbonyl (C=O) groups excluding carboxylic acids is 5. The molecule has 318 valence electrons. The molecular formula is C37H68N6O11S. The van der Waals surface area contributed by atoms with Crippen molar-refractivity contribution >= 4 is 41.2 Å². The molecule has 4 N–H and O–H groups in total. The zero-order valence-electron chi connectivity index (χ0n) is 33.7. The van der Waals surface area contributed by atoms with Crippen molar-refractivity contribution in [3.05, 3.63) is 0 Å². The Hall–Kier alpha value is -2.26. The molecule has 2 heterocycles. The molecule has 18 heteroatoms. The molecule has 2 fully saturated rings. The van der Waals surface area contributed by atoms with Crippen LogP contribution in [0.5, 0.6) is 0 Å². The van der Waals surface area contributed by atoms with Gasteiger partial charge in [0, 0.05) is 76.8 Å². The highest BCUT2D eigenvalue weighted by Gasteiger charge is 2.40. The van der Waals surface area contributed by atoms with E-state index in [-0.39, 0.29) is 72.8 Å². The summed E-state index contributed by atoms with van der Waals surface area (Å²) in [6, 6.07) is 0.209. The number of carbonyl (C=O) groups is 5. The first-order chi connectivity index (χ1) is 26.5. The van der Waals surface area contributed by atoms with Crippen LogP contribution < -0.4 is 21.3 Å². The molecule has 0 saturated carbocycles. The number of nitrogens with zero attached hydrogens (tertiary/aromatic N) is 2. The van der Waals surface area contributed by atoms with E-state index < -0.39 is 5.25 Å².